The molecular weight excluding hydrogens is 214 g/mol. The Morgan fingerprint density at radius 2 is 1.94 bits per heavy atom. The fraction of sp³-hybridized carbons (Fsp3) is 0.214. The molecule has 0 aliphatic rings. The minimum Gasteiger partial charge on any atom is -0.411 e. The highest BCUT2D eigenvalue weighted by Crippen LogP contribution is 2.16. The van der Waals surface area contributed by atoms with Crippen molar-refractivity contribution in [2.24, 2.45) is 5.16 Å². The maximum atomic E-state index is 8.99. The van der Waals surface area contributed by atoms with Crippen molar-refractivity contribution in [2.45, 2.75) is 6.92 Å². The summed E-state index contributed by atoms with van der Waals surface area (Å²) < 4.78 is 5.26. The summed E-state index contributed by atoms with van der Waals surface area (Å²) in [6.07, 6.45) is 0. The number of benzene rings is 2. The van der Waals surface area contributed by atoms with Crippen molar-refractivity contribution in [3.63, 3.8) is 0 Å². The molecule has 2 rings (SSSR count). The van der Waals surface area contributed by atoms with E-state index in [4.69, 9.17) is 9.94 Å². The predicted molar refractivity (Wildman–Crippen MR) is 68.8 cm³/mol. The molecule has 17 heavy (non-hydrogen) atoms. The number of fused-ring (bicyclic) bond motifs is 1. The van der Waals surface area contributed by atoms with Crippen LogP contribution in [0.5, 0.6) is 0 Å². The average Bonchev–Trinajstić information content (AvgIpc) is 2.39. The number of nitrogens with zero attached hydrogens (tertiary/aromatic N) is 1. The van der Waals surface area contributed by atoms with Crippen LogP contribution in [-0.2, 0) is 4.74 Å². The summed E-state index contributed by atoms with van der Waals surface area (Å²) in [6.45, 7) is 2.84. The Hall–Kier alpha value is -1.87. The Labute approximate surface area is 100 Å². The summed E-state index contributed by atoms with van der Waals surface area (Å²) in [6, 6.07) is 14.0. The molecule has 0 heterocycles. The lowest BCUT2D eigenvalue weighted by molar-refractivity contribution is 0.184. The van der Waals surface area contributed by atoms with Gasteiger partial charge in [-0.15, -0.1) is 0 Å². The third-order valence-electron chi connectivity index (χ3n) is 2.65. The molecule has 0 atom stereocenters. The van der Waals surface area contributed by atoms with Gasteiger partial charge in [-0.25, -0.2) is 0 Å². The highest BCUT2D eigenvalue weighted by molar-refractivity contribution is 6.03. The topological polar surface area (TPSA) is 41.8 Å². The molecule has 0 unspecified atom stereocenters. The van der Waals surface area contributed by atoms with Crippen LogP contribution < -0.4 is 0 Å². The van der Waals surface area contributed by atoms with Gasteiger partial charge in [0.05, 0.1) is 6.61 Å². The van der Waals surface area contributed by atoms with Gasteiger partial charge in [0.25, 0.3) is 0 Å². The van der Waals surface area contributed by atoms with E-state index in [1.54, 1.807) is 0 Å². The molecule has 0 aromatic heterocycles. The van der Waals surface area contributed by atoms with Gasteiger partial charge in [0.1, 0.15) is 5.71 Å². The quantitative estimate of drug-likeness (QED) is 0.497. The first-order chi connectivity index (χ1) is 8.35. The number of hydrogen-bond acceptors (Lipinski definition) is 3. The first-order valence-corrected chi connectivity index (χ1v) is 5.63. The zero-order valence-electron chi connectivity index (χ0n) is 9.76. The Morgan fingerprint density at radius 1 is 1.18 bits per heavy atom. The summed E-state index contributed by atoms with van der Waals surface area (Å²) >= 11 is 0. The maximum absolute atomic E-state index is 8.99. The van der Waals surface area contributed by atoms with Gasteiger partial charge in [-0.2, -0.15) is 0 Å². The minimum absolute atomic E-state index is 0.325. The monoisotopic (exact) mass is 229 g/mol. The molecule has 2 aromatic carbocycles. The molecule has 3 heteroatoms. The summed E-state index contributed by atoms with van der Waals surface area (Å²) in [7, 11) is 0. The molecule has 0 fully saturated rings. The zero-order chi connectivity index (χ0) is 12.1. The van der Waals surface area contributed by atoms with Gasteiger partial charge >= 0.3 is 0 Å². The van der Waals surface area contributed by atoms with Crippen LogP contribution in [0.15, 0.2) is 47.6 Å². The van der Waals surface area contributed by atoms with E-state index in [9.17, 15) is 0 Å². The number of ether oxygens (including phenoxy) is 1. The fourth-order valence-corrected chi connectivity index (χ4v) is 1.74. The van der Waals surface area contributed by atoms with E-state index in [1.807, 2.05) is 43.3 Å². The Bertz CT molecular complexity index is 534. The molecule has 0 aliphatic carbocycles. The van der Waals surface area contributed by atoms with Crippen LogP contribution in [0, 0.1) is 0 Å². The van der Waals surface area contributed by atoms with Crippen molar-refractivity contribution < 1.29 is 9.94 Å². The van der Waals surface area contributed by atoms with E-state index in [0.717, 1.165) is 10.9 Å². The van der Waals surface area contributed by atoms with E-state index in [0.29, 0.717) is 18.9 Å². The van der Waals surface area contributed by atoms with Crippen LogP contribution in [0.25, 0.3) is 10.8 Å². The Balaban J connectivity index is 2.34. The van der Waals surface area contributed by atoms with Gasteiger partial charge in [0.15, 0.2) is 0 Å². The molecule has 0 bridgehead atoms. The fourth-order valence-electron chi connectivity index (χ4n) is 1.74. The SMILES string of the molecule is CCOCC(=NO)c1ccc2ccccc2c1. The summed E-state index contributed by atoms with van der Waals surface area (Å²) in [5.74, 6) is 0. The van der Waals surface area contributed by atoms with E-state index in [-0.39, 0.29) is 0 Å². The van der Waals surface area contributed by atoms with Crippen molar-refractivity contribution in [2.75, 3.05) is 13.2 Å². The van der Waals surface area contributed by atoms with Crippen molar-refractivity contribution in [3.8, 4) is 0 Å². The Kier molecular flexibility index (Phi) is 3.73. The van der Waals surface area contributed by atoms with Crippen molar-refractivity contribution >= 4 is 16.5 Å². The van der Waals surface area contributed by atoms with Gasteiger partial charge < -0.3 is 9.94 Å². The largest absolute Gasteiger partial charge is 0.411 e. The molecule has 1 N–H and O–H groups in total. The van der Waals surface area contributed by atoms with Crippen LogP contribution >= 0.6 is 0 Å². The second-order valence-electron chi connectivity index (χ2n) is 3.75. The van der Waals surface area contributed by atoms with Gasteiger partial charge in [-0.3, -0.25) is 0 Å². The molecule has 3 nitrogen and oxygen atoms in total. The van der Waals surface area contributed by atoms with E-state index < -0.39 is 0 Å². The highest BCUT2D eigenvalue weighted by Gasteiger charge is 2.05. The average molecular weight is 229 g/mol. The molecule has 0 amide bonds. The smallest absolute Gasteiger partial charge is 0.112 e. The predicted octanol–water partition coefficient (Wildman–Crippen LogP) is 3.05. The molecule has 0 radical (unpaired) electrons. The highest BCUT2D eigenvalue weighted by atomic mass is 16.5. The van der Waals surface area contributed by atoms with E-state index >= 15 is 0 Å². The van der Waals surface area contributed by atoms with Crippen molar-refractivity contribution in [3.05, 3.63) is 48.0 Å². The summed E-state index contributed by atoms with van der Waals surface area (Å²) in [4.78, 5) is 0. The van der Waals surface area contributed by atoms with Gasteiger partial charge in [-0.1, -0.05) is 41.6 Å². The van der Waals surface area contributed by atoms with Gasteiger partial charge in [0, 0.05) is 12.2 Å². The molecule has 88 valence electrons. The first-order valence-electron chi connectivity index (χ1n) is 5.63. The maximum Gasteiger partial charge on any atom is 0.112 e. The number of hydrogen-bond donors (Lipinski definition) is 1. The first kappa shape index (κ1) is 11.6. The van der Waals surface area contributed by atoms with Crippen LogP contribution in [0.4, 0.5) is 0 Å². The second kappa shape index (κ2) is 5.46. The zero-order valence-corrected chi connectivity index (χ0v) is 9.76. The van der Waals surface area contributed by atoms with E-state index in [2.05, 4.69) is 11.2 Å². The molecule has 2 aromatic rings. The molecule has 0 spiro atoms. The van der Waals surface area contributed by atoms with Crippen molar-refractivity contribution in [1.29, 1.82) is 0 Å². The number of oxime groups is 1. The molecule has 0 saturated carbocycles. The lowest BCUT2D eigenvalue weighted by Gasteiger charge is -2.06. The lowest BCUT2D eigenvalue weighted by atomic mass is 10.0. The van der Waals surface area contributed by atoms with Crippen LogP contribution in [-0.4, -0.2) is 24.1 Å². The van der Waals surface area contributed by atoms with Crippen LogP contribution in [0.3, 0.4) is 0 Å². The lowest BCUT2D eigenvalue weighted by Crippen LogP contribution is -2.10. The van der Waals surface area contributed by atoms with Crippen molar-refractivity contribution in [1.82, 2.24) is 0 Å². The minimum atomic E-state index is 0.325. The summed E-state index contributed by atoms with van der Waals surface area (Å²) in [5, 5.41) is 14.6. The van der Waals surface area contributed by atoms with Crippen LogP contribution in [0.2, 0.25) is 0 Å². The van der Waals surface area contributed by atoms with Gasteiger partial charge in [0.2, 0.25) is 0 Å². The third-order valence-corrected chi connectivity index (χ3v) is 2.65. The molecular formula is C14H15NO2. The second-order valence-corrected chi connectivity index (χ2v) is 3.75. The molecule has 0 aliphatic heterocycles. The third kappa shape index (κ3) is 2.63. The number of rotatable bonds is 4. The summed E-state index contributed by atoms with van der Waals surface area (Å²) in [5.41, 5.74) is 1.44. The van der Waals surface area contributed by atoms with E-state index in [1.165, 1.54) is 5.39 Å². The normalized spacial score (nSPS) is 11.9. The van der Waals surface area contributed by atoms with Gasteiger partial charge in [-0.05, 0) is 23.8 Å². The standard InChI is InChI=1S/C14H15NO2/c1-2-17-10-14(15-16)13-8-7-11-5-3-4-6-12(11)9-13/h3-9,16H,2,10H2,1H3. The Morgan fingerprint density at radius 3 is 2.65 bits per heavy atom. The van der Waals surface area contributed by atoms with Crippen LogP contribution in [0.1, 0.15) is 12.5 Å². The molecule has 0 saturated heterocycles.